The number of halogens is 12. The second-order valence-electron chi connectivity index (χ2n) is 3.04. The van der Waals surface area contributed by atoms with Crippen molar-refractivity contribution in [2.75, 3.05) is 26.4 Å². The van der Waals surface area contributed by atoms with Gasteiger partial charge in [0, 0.05) is 0 Å². The summed E-state index contributed by atoms with van der Waals surface area (Å²) in [4.78, 5) is 0. The van der Waals surface area contributed by atoms with E-state index in [1.807, 2.05) is 0 Å². The zero-order chi connectivity index (χ0) is 20.8. The van der Waals surface area contributed by atoms with Gasteiger partial charge in [0.2, 0.25) is 0 Å². The minimum atomic E-state index is -1.60. The molecule has 0 radical (unpaired) electrons. The van der Waals surface area contributed by atoms with Crippen LogP contribution >= 0.6 is 139 Å². The van der Waals surface area contributed by atoms with E-state index in [1.165, 1.54) is 0 Å². The molecule has 0 rings (SSSR count). The maximum atomic E-state index is 9.56. The van der Waals surface area contributed by atoms with Gasteiger partial charge in [0.1, 0.15) is 0 Å². The molecule has 0 heterocycles. The monoisotopic (exact) mass is 636 g/mol. The molecule has 17 heteroatoms. The second kappa shape index (κ2) is 20.0. The molecule has 0 saturated carbocycles. The van der Waals surface area contributed by atoms with Gasteiger partial charge in [0.25, 0.3) is 0 Å². The van der Waals surface area contributed by atoms with Crippen LogP contribution in [-0.2, 0) is 21.7 Å². The topological polar surface area (TPSA) is 92.2 Å². The molecule has 0 aliphatic carbocycles. The van der Waals surface area contributed by atoms with Crippen LogP contribution in [0.4, 0.5) is 0 Å². The first kappa shape index (κ1) is 39.5. The van der Waals surface area contributed by atoms with Crippen molar-refractivity contribution in [1.82, 2.24) is 0 Å². The van der Waals surface area contributed by atoms with Crippen LogP contribution in [0.3, 0.4) is 0 Å². The van der Waals surface area contributed by atoms with Crippen molar-refractivity contribution in [1.29, 1.82) is 0 Å². The molecule has 152 valence electrons. The number of hydrogen-bond acceptors (Lipinski definition) is 4. The summed E-state index contributed by atoms with van der Waals surface area (Å²) < 4.78 is -6.39. The molecule has 4 nitrogen and oxygen atoms in total. The molecule has 0 N–H and O–H groups in total. The van der Waals surface area contributed by atoms with Crippen molar-refractivity contribution in [2.24, 2.45) is 0 Å². The van der Waals surface area contributed by atoms with Gasteiger partial charge < -0.3 is 20.4 Å². The summed E-state index contributed by atoms with van der Waals surface area (Å²) in [6.45, 7) is -2.73. The van der Waals surface area contributed by atoms with E-state index in [0.29, 0.717) is 0 Å². The molecular weight excluding hydrogens is 633 g/mol. The van der Waals surface area contributed by atoms with E-state index in [4.69, 9.17) is 139 Å². The van der Waals surface area contributed by atoms with Crippen molar-refractivity contribution in [2.45, 2.75) is 15.2 Å². The SMILES string of the molecule is [O-]CC(Cl)(Cl)Cl.[O-]CC(Cl)(Cl)Cl.[O-]CC(Cl)(Cl)Cl.[O-]CC(Cl)(Cl)Cl.[Ti+4]. The first-order valence-corrected chi connectivity index (χ1v) is 9.37. The van der Waals surface area contributed by atoms with Gasteiger partial charge in [-0.3, -0.25) is 0 Å². The summed E-state index contributed by atoms with van der Waals surface area (Å²) in [6, 6.07) is 0. The van der Waals surface area contributed by atoms with Crippen LogP contribution in [0.2, 0.25) is 0 Å². The zero-order valence-electron chi connectivity index (χ0n) is 11.5. The van der Waals surface area contributed by atoms with Crippen molar-refractivity contribution in [3.05, 3.63) is 0 Å². The second-order valence-corrected chi connectivity index (χ2v) is 13.1. The Kier molecular flexibility index (Phi) is 31.5. The first-order valence-electron chi connectivity index (χ1n) is 4.84. The molecule has 0 aliphatic rings. The molecule has 25 heavy (non-hydrogen) atoms. The van der Waals surface area contributed by atoms with E-state index in [0.717, 1.165) is 0 Å². The van der Waals surface area contributed by atoms with Crippen molar-refractivity contribution < 1.29 is 42.1 Å². The number of rotatable bonds is 0. The Morgan fingerprint density at radius 2 is 0.400 bits per heavy atom. The Morgan fingerprint density at radius 1 is 0.360 bits per heavy atom. The maximum Gasteiger partial charge on any atom is 4.00 e. The van der Waals surface area contributed by atoms with Crippen LogP contribution in [-0.4, -0.2) is 41.6 Å². The fraction of sp³-hybridized carbons (Fsp3) is 1.00. The molecular formula is C8H8Cl12O4Ti. The smallest absolute Gasteiger partial charge is 0.851 e. The molecule has 0 saturated heterocycles. The Labute approximate surface area is 220 Å². The molecule has 0 atom stereocenters. The summed E-state index contributed by atoms with van der Waals surface area (Å²) in [6.07, 6.45) is 0. The molecule has 0 bridgehead atoms. The standard InChI is InChI=1S/4C2H2Cl3O.Ti/c4*3-2(4,5)1-6;/h4*1H2;/q4*-1;+4. The Balaban J connectivity index is -0.0000000702. The fourth-order valence-electron chi connectivity index (χ4n) is 0. The Morgan fingerprint density at radius 3 is 0.400 bits per heavy atom. The summed E-state index contributed by atoms with van der Waals surface area (Å²) in [5.74, 6) is 0. The molecule has 0 aromatic rings. The van der Waals surface area contributed by atoms with Gasteiger partial charge in [0.05, 0.1) is 0 Å². The van der Waals surface area contributed by atoms with Gasteiger partial charge in [-0.15, -0.1) is 0 Å². The van der Waals surface area contributed by atoms with E-state index in [9.17, 15) is 20.4 Å². The van der Waals surface area contributed by atoms with Crippen LogP contribution in [0.1, 0.15) is 0 Å². The minimum absolute atomic E-state index is 0. The van der Waals surface area contributed by atoms with E-state index in [-0.39, 0.29) is 21.7 Å². The predicted octanol–water partition coefficient (Wildman–Crippen LogP) is 2.87. The number of alkyl halides is 12. The summed E-state index contributed by atoms with van der Waals surface area (Å²) >= 11 is 59.2. The van der Waals surface area contributed by atoms with Gasteiger partial charge in [-0.05, 0) is 0 Å². The normalized spacial score (nSPS) is 11.5. The quantitative estimate of drug-likeness (QED) is 0.301. The molecule has 0 unspecified atom stereocenters. The largest absolute Gasteiger partial charge is 4.00 e. The van der Waals surface area contributed by atoms with Crippen LogP contribution in [0, 0.1) is 0 Å². The van der Waals surface area contributed by atoms with Crippen molar-refractivity contribution >= 4 is 139 Å². The predicted molar refractivity (Wildman–Crippen MR) is 101 cm³/mol. The summed E-state index contributed by atoms with van der Waals surface area (Å²) in [5.41, 5.74) is 0. The van der Waals surface area contributed by atoms with E-state index >= 15 is 0 Å². The zero-order valence-corrected chi connectivity index (χ0v) is 22.1. The van der Waals surface area contributed by atoms with Crippen LogP contribution < -0.4 is 20.4 Å². The van der Waals surface area contributed by atoms with Gasteiger partial charge in [-0.2, -0.15) is 0 Å². The van der Waals surface area contributed by atoms with Gasteiger partial charge >= 0.3 is 21.7 Å². The van der Waals surface area contributed by atoms with Crippen molar-refractivity contribution in [3.63, 3.8) is 0 Å². The third kappa shape index (κ3) is 73.9. The molecule has 0 aliphatic heterocycles. The maximum absolute atomic E-state index is 9.56. The van der Waals surface area contributed by atoms with Crippen LogP contribution in [0.15, 0.2) is 0 Å². The fourth-order valence-corrected chi connectivity index (χ4v) is 0. The average Bonchev–Trinajstić information content (AvgIpc) is 2.37. The summed E-state index contributed by atoms with van der Waals surface area (Å²) in [7, 11) is 0. The van der Waals surface area contributed by atoms with Crippen LogP contribution in [0.25, 0.3) is 0 Å². The average molecular weight is 641 g/mol. The van der Waals surface area contributed by atoms with Gasteiger partial charge in [-0.25, -0.2) is 0 Å². The molecule has 0 amide bonds. The first-order chi connectivity index (χ1) is 10.2. The van der Waals surface area contributed by atoms with Gasteiger partial charge in [-0.1, -0.05) is 166 Å². The molecule has 0 fully saturated rings. The van der Waals surface area contributed by atoms with E-state index in [1.54, 1.807) is 0 Å². The molecule has 0 aromatic carbocycles. The van der Waals surface area contributed by atoms with Crippen LogP contribution in [0.5, 0.6) is 0 Å². The molecule has 0 spiro atoms. The summed E-state index contributed by atoms with van der Waals surface area (Å²) in [5, 5.41) is 38.2. The van der Waals surface area contributed by atoms with E-state index in [2.05, 4.69) is 0 Å². The Bertz CT molecular complexity index is 216. The minimum Gasteiger partial charge on any atom is -0.851 e. The third-order valence-corrected chi connectivity index (χ3v) is 1.96. The third-order valence-electron chi connectivity index (χ3n) is 0.655. The van der Waals surface area contributed by atoms with Crippen molar-refractivity contribution in [3.8, 4) is 0 Å². The molecule has 0 aromatic heterocycles. The van der Waals surface area contributed by atoms with E-state index < -0.39 is 41.6 Å². The van der Waals surface area contributed by atoms with Gasteiger partial charge in [0.15, 0.2) is 15.2 Å². The Hall–Kier alpha value is 4.03. The number of hydrogen-bond donors (Lipinski definition) is 0.